The largest absolute Gasteiger partial charge is 0.394 e. The van der Waals surface area contributed by atoms with E-state index >= 15 is 0 Å². The fourth-order valence-electron chi connectivity index (χ4n) is 2.63. The predicted octanol–water partition coefficient (Wildman–Crippen LogP) is -5.40. The van der Waals surface area contributed by atoms with Crippen molar-refractivity contribution in [2.45, 2.75) is 54.8 Å². The highest BCUT2D eigenvalue weighted by molar-refractivity contribution is 4.98. The van der Waals surface area contributed by atoms with Gasteiger partial charge in [-0.15, -0.1) is 0 Å². The van der Waals surface area contributed by atoms with Crippen LogP contribution < -0.4 is 0 Å². The SMILES string of the molecule is OC[C@@H]1O[C@H](O[C@H]2[C@@H](CO)O[C@@](O)(CO)[C@H]2O)[C@H](O)[C@H](O)[C@@H]1O. The van der Waals surface area contributed by atoms with Crippen LogP contribution in [0, 0.1) is 0 Å². The van der Waals surface area contributed by atoms with Crippen molar-refractivity contribution in [3.63, 3.8) is 0 Å². The second-order valence-electron chi connectivity index (χ2n) is 5.58. The summed E-state index contributed by atoms with van der Waals surface area (Å²) in [5.41, 5.74) is 0. The Hall–Kier alpha value is -0.440. The molecule has 2 aliphatic rings. The topological polar surface area (TPSA) is 190 Å². The van der Waals surface area contributed by atoms with Gasteiger partial charge in [0.1, 0.15) is 42.7 Å². The smallest absolute Gasteiger partial charge is 0.219 e. The first-order valence-corrected chi connectivity index (χ1v) is 7.05. The molecule has 8 N–H and O–H groups in total. The van der Waals surface area contributed by atoms with Crippen LogP contribution in [0.15, 0.2) is 0 Å². The number of rotatable bonds is 5. The van der Waals surface area contributed by atoms with Gasteiger partial charge in [-0.1, -0.05) is 0 Å². The number of hydrogen-bond acceptors (Lipinski definition) is 11. The van der Waals surface area contributed by atoms with E-state index in [1.165, 1.54) is 0 Å². The zero-order valence-corrected chi connectivity index (χ0v) is 12.0. The third-order valence-electron chi connectivity index (χ3n) is 4.04. The van der Waals surface area contributed by atoms with E-state index in [1.54, 1.807) is 0 Å². The monoisotopic (exact) mass is 342 g/mol. The standard InChI is InChI=1S/C12H22O11/c13-1-4-6(16)7(17)8(18)11(21-4)22-9-5(2-14)23-12(20,3-15)10(9)19/h4-11,13-20H,1-3H2/t4-,5+,6+,7+,8+,9-,10-,11+,12-/m0/s1. The lowest BCUT2D eigenvalue weighted by Gasteiger charge is -2.41. The van der Waals surface area contributed by atoms with Gasteiger partial charge >= 0.3 is 0 Å². The molecule has 0 amide bonds. The zero-order valence-electron chi connectivity index (χ0n) is 12.0. The van der Waals surface area contributed by atoms with E-state index < -0.39 is 74.6 Å². The van der Waals surface area contributed by atoms with Gasteiger partial charge in [0.25, 0.3) is 0 Å². The molecule has 2 rings (SSSR count). The summed E-state index contributed by atoms with van der Waals surface area (Å²) in [6, 6.07) is 0. The Morgan fingerprint density at radius 2 is 1.48 bits per heavy atom. The zero-order chi connectivity index (χ0) is 17.4. The Balaban J connectivity index is 2.13. The summed E-state index contributed by atoms with van der Waals surface area (Å²) in [5, 5.41) is 76.5. The quantitative estimate of drug-likeness (QED) is 0.238. The molecule has 0 unspecified atom stereocenters. The normalized spacial score (nSPS) is 51.1. The highest BCUT2D eigenvalue weighted by Crippen LogP contribution is 2.33. The lowest BCUT2D eigenvalue weighted by Crippen LogP contribution is -2.60. The molecule has 2 saturated heterocycles. The molecular formula is C12H22O11. The molecule has 2 heterocycles. The minimum absolute atomic E-state index is 0.668. The van der Waals surface area contributed by atoms with Crippen molar-refractivity contribution in [2.24, 2.45) is 0 Å². The Morgan fingerprint density at radius 1 is 0.870 bits per heavy atom. The van der Waals surface area contributed by atoms with Crippen LogP contribution in [0.3, 0.4) is 0 Å². The van der Waals surface area contributed by atoms with Crippen molar-refractivity contribution < 1.29 is 55.1 Å². The molecular weight excluding hydrogens is 320 g/mol. The Morgan fingerprint density at radius 3 is 2.00 bits per heavy atom. The summed E-state index contributed by atoms with van der Waals surface area (Å²) in [6.45, 7) is -2.32. The number of hydrogen-bond donors (Lipinski definition) is 8. The second-order valence-corrected chi connectivity index (χ2v) is 5.58. The van der Waals surface area contributed by atoms with Crippen molar-refractivity contribution in [3.8, 4) is 0 Å². The fraction of sp³-hybridized carbons (Fsp3) is 1.00. The van der Waals surface area contributed by atoms with E-state index in [0.29, 0.717) is 0 Å². The maximum absolute atomic E-state index is 10.00. The van der Waals surface area contributed by atoms with Crippen LogP contribution in [-0.2, 0) is 14.2 Å². The van der Waals surface area contributed by atoms with Gasteiger partial charge in [-0.05, 0) is 0 Å². The summed E-state index contributed by atoms with van der Waals surface area (Å²) in [5.74, 6) is -2.37. The molecule has 2 aliphatic heterocycles. The van der Waals surface area contributed by atoms with Crippen LogP contribution >= 0.6 is 0 Å². The molecule has 0 aromatic heterocycles. The van der Waals surface area contributed by atoms with Crippen molar-refractivity contribution in [2.75, 3.05) is 19.8 Å². The van der Waals surface area contributed by atoms with Crippen molar-refractivity contribution >= 4 is 0 Å². The Labute approximate surface area is 130 Å². The molecule has 11 nitrogen and oxygen atoms in total. The Bertz CT molecular complexity index is 393. The minimum atomic E-state index is -2.37. The third-order valence-corrected chi connectivity index (χ3v) is 4.04. The summed E-state index contributed by atoms with van der Waals surface area (Å²) in [7, 11) is 0. The van der Waals surface area contributed by atoms with E-state index in [4.69, 9.17) is 24.4 Å². The molecule has 0 aromatic rings. The molecule has 0 spiro atoms. The molecule has 9 atom stereocenters. The first-order valence-electron chi connectivity index (χ1n) is 7.05. The minimum Gasteiger partial charge on any atom is -0.394 e. The lowest BCUT2D eigenvalue weighted by molar-refractivity contribution is -0.318. The summed E-state index contributed by atoms with van der Waals surface area (Å²) in [6.07, 6.45) is -12.2. The maximum Gasteiger partial charge on any atom is 0.219 e. The van der Waals surface area contributed by atoms with Crippen LogP contribution in [-0.4, -0.2) is 115 Å². The molecule has 136 valence electrons. The average molecular weight is 342 g/mol. The average Bonchev–Trinajstić information content (AvgIpc) is 2.80. The molecule has 0 bridgehead atoms. The van der Waals surface area contributed by atoms with Crippen LogP contribution in [0.2, 0.25) is 0 Å². The molecule has 0 saturated carbocycles. The van der Waals surface area contributed by atoms with Gasteiger partial charge in [-0.3, -0.25) is 0 Å². The maximum atomic E-state index is 10.00. The van der Waals surface area contributed by atoms with Crippen LogP contribution in [0.5, 0.6) is 0 Å². The third kappa shape index (κ3) is 3.36. The first kappa shape index (κ1) is 18.9. The van der Waals surface area contributed by atoms with Crippen molar-refractivity contribution in [1.82, 2.24) is 0 Å². The van der Waals surface area contributed by atoms with Gasteiger partial charge in [0, 0.05) is 0 Å². The highest BCUT2D eigenvalue weighted by Gasteiger charge is 2.56. The van der Waals surface area contributed by atoms with Crippen LogP contribution in [0.1, 0.15) is 0 Å². The number of ether oxygens (including phenoxy) is 3. The van der Waals surface area contributed by atoms with Gasteiger partial charge in [-0.25, -0.2) is 0 Å². The van der Waals surface area contributed by atoms with Crippen molar-refractivity contribution in [1.29, 1.82) is 0 Å². The first-order chi connectivity index (χ1) is 10.8. The number of aliphatic hydroxyl groups excluding tert-OH is 7. The van der Waals surface area contributed by atoms with E-state index in [-0.39, 0.29) is 0 Å². The molecule has 23 heavy (non-hydrogen) atoms. The summed E-state index contributed by atoms with van der Waals surface area (Å²) >= 11 is 0. The lowest BCUT2D eigenvalue weighted by atomic mass is 9.99. The van der Waals surface area contributed by atoms with Gasteiger partial charge in [0.05, 0.1) is 19.8 Å². The van der Waals surface area contributed by atoms with Gasteiger partial charge in [-0.2, -0.15) is 0 Å². The summed E-state index contributed by atoms with van der Waals surface area (Å²) < 4.78 is 15.3. The molecule has 11 heteroatoms. The van der Waals surface area contributed by atoms with E-state index in [2.05, 4.69) is 0 Å². The number of aliphatic hydroxyl groups is 8. The van der Waals surface area contributed by atoms with Crippen LogP contribution in [0.25, 0.3) is 0 Å². The highest BCUT2D eigenvalue weighted by atomic mass is 16.7. The van der Waals surface area contributed by atoms with Crippen molar-refractivity contribution in [3.05, 3.63) is 0 Å². The predicted molar refractivity (Wildman–Crippen MR) is 68.6 cm³/mol. The molecule has 0 aliphatic carbocycles. The van der Waals surface area contributed by atoms with Crippen LogP contribution in [0.4, 0.5) is 0 Å². The van der Waals surface area contributed by atoms with Gasteiger partial charge in [0.15, 0.2) is 6.29 Å². The van der Waals surface area contributed by atoms with E-state index in [1.807, 2.05) is 0 Å². The molecule has 2 fully saturated rings. The Kier molecular flexibility index (Phi) is 5.92. The molecule has 0 aromatic carbocycles. The second kappa shape index (κ2) is 7.21. The van der Waals surface area contributed by atoms with E-state index in [0.717, 1.165) is 0 Å². The summed E-state index contributed by atoms with van der Waals surface area (Å²) in [4.78, 5) is 0. The van der Waals surface area contributed by atoms with E-state index in [9.17, 15) is 30.6 Å². The fourth-order valence-corrected chi connectivity index (χ4v) is 2.63. The van der Waals surface area contributed by atoms with Gasteiger partial charge < -0.3 is 55.1 Å². The molecule has 0 radical (unpaired) electrons. The van der Waals surface area contributed by atoms with Gasteiger partial charge in [0.2, 0.25) is 5.79 Å².